The number of alkyl halides is 3. The minimum absolute atomic E-state index is 0.111. The predicted molar refractivity (Wildman–Crippen MR) is 128 cm³/mol. The molecule has 0 bridgehead atoms. The number of nitrogens with one attached hydrogen (secondary N) is 1. The predicted octanol–water partition coefficient (Wildman–Crippen LogP) is 5.24. The van der Waals surface area contributed by atoms with Gasteiger partial charge in [-0.2, -0.15) is 18.3 Å². The molecule has 0 unspecified atom stereocenters. The maximum atomic E-state index is 13.3. The Hall–Kier alpha value is -4.54. The van der Waals surface area contributed by atoms with Crippen LogP contribution in [0.5, 0.6) is 0 Å². The third-order valence-electron chi connectivity index (χ3n) is 6.07. The third-order valence-corrected chi connectivity index (χ3v) is 6.07. The smallest absolute Gasteiger partial charge is 0.332 e. The summed E-state index contributed by atoms with van der Waals surface area (Å²) in [5, 5.41) is 7.41. The molecule has 4 aromatic rings. The van der Waals surface area contributed by atoms with E-state index in [0.717, 1.165) is 12.1 Å². The van der Waals surface area contributed by atoms with Gasteiger partial charge in [-0.3, -0.25) is 19.3 Å². The average molecular weight is 509 g/mol. The van der Waals surface area contributed by atoms with Crippen molar-refractivity contribution < 1.29 is 27.2 Å². The van der Waals surface area contributed by atoms with Crippen molar-refractivity contribution in [1.29, 1.82) is 0 Å². The minimum Gasteiger partial charge on any atom is -0.332 e. The average Bonchev–Trinajstić information content (AvgIpc) is 3.22. The summed E-state index contributed by atoms with van der Waals surface area (Å²) in [5.74, 6) is -2.36. The van der Waals surface area contributed by atoms with Crippen molar-refractivity contribution in [2.45, 2.75) is 12.2 Å². The summed E-state index contributed by atoms with van der Waals surface area (Å²) in [6.45, 7) is 3.25. The van der Waals surface area contributed by atoms with E-state index in [0.29, 0.717) is 22.3 Å². The Kier molecular flexibility index (Phi) is 5.98. The van der Waals surface area contributed by atoms with Gasteiger partial charge in [-0.25, -0.2) is 4.39 Å². The molecule has 2 aromatic heterocycles. The van der Waals surface area contributed by atoms with Crippen molar-refractivity contribution in [3.05, 3.63) is 90.4 Å². The molecule has 37 heavy (non-hydrogen) atoms. The van der Waals surface area contributed by atoms with Gasteiger partial charge in [0, 0.05) is 30.5 Å². The summed E-state index contributed by atoms with van der Waals surface area (Å²) < 4.78 is 54.1. The van der Waals surface area contributed by atoms with Crippen molar-refractivity contribution >= 4 is 28.5 Å². The second-order valence-corrected chi connectivity index (χ2v) is 8.51. The van der Waals surface area contributed by atoms with Gasteiger partial charge in [0.15, 0.2) is 5.83 Å². The number of pyridine rings is 1. The highest BCUT2D eigenvalue weighted by Crippen LogP contribution is 2.35. The SMILES string of the molecule is C=C(F)C(=O)N1CC(n2nc(-c3ccc(C(F)(F)F)cc3)c3nccc(C(=O)Nc4ccccc4)c32)C1. The maximum Gasteiger partial charge on any atom is 0.416 e. The number of carbonyl (C=O) groups is 2. The van der Waals surface area contributed by atoms with Crippen molar-refractivity contribution in [2.75, 3.05) is 18.4 Å². The summed E-state index contributed by atoms with van der Waals surface area (Å²) in [6.07, 6.45) is -3.07. The molecule has 1 saturated heterocycles. The minimum atomic E-state index is -4.50. The van der Waals surface area contributed by atoms with Crippen LogP contribution in [0.25, 0.3) is 22.3 Å². The van der Waals surface area contributed by atoms with Crippen molar-refractivity contribution in [3.63, 3.8) is 0 Å². The van der Waals surface area contributed by atoms with E-state index >= 15 is 0 Å². The lowest BCUT2D eigenvalue weighted by Crippen LogP contribution is -2.51. The van der Waals surface area contributed by atoms with Gasteiger partial charge in [-0.05, 0) is 30.3 Å². The van der Waals surface area contributed by atoms with Crippen LogP contribution in [0.2, 0.25) is 0 Å². The molecule has 11 heteroatoms. The highest BCUT2D eigenvalue weighted by atomic mass is 19.4. The van der Waals surface area contributed by atoms with Crippen molar-refractivity contribution in [3.8, 4) is 11.3 Å². The van der Waals surface area contributed by atoms with Crippen LogP contribution in [0, 0.1) is 0 Å². The van der Waals surface area contributed by atoms with E-state index < -0.39 is 35.4 Å². The lowest BCUT2D eigenvalue weighted by Gasteiger charge is -2.39. The number of aromatic nitrogens is 3. The lowest BCUT2D eigenvalue weighted by atomic mass is 10.1. The first kappa shape index (κ1) is 24.2. The fraction of sp³-hybridized carbons (Fsp3) is 0.154. The molecule has 1 fully saturated rings. The Morgan fingerprint density at radius 2 is 1.68 bits per heavy atom. The topological polar surface area (TPSA) is 80.1 Å². The molecular formula is C26H19F4N5O2. The molecule has 2 aromatic carbocycles. The van der Waals surface area contributed by atoms with Crippen molar-refractivity contribution in [2.24, 2.45) is 0 Å². The number of anilines is 1. The number of hydrogen-bond donors (Lipinski definition) is 1. The van der Waals surface area contributed by atoms with Gasteiger partial charge in [0.25, 0.3) is 11.8 Å². The molecule has 1 N–H and O–H groups in total. The molecule has 2 amide bonds. The molecule has 3 heterocycles. The Morgan fingerprint density at radius 3 is 2.30 bits per heavy atom. The molecule has 7 nitrogen and oxygen atoms in total. The van der Waals surface area contributed by atoms with Gasteiger partial charge in [0.05, 0.1) is 17.2 Å². The van der Waals surface area contributed by atoms with E-state index in [1.165, 1.54) is 34.0 Å². The summed E-state index contributed by atoms with van der Waals surface area (Å²) in [6, 6.07) is 14.4. The second kappa shape index (κ2) is 9.16. The summed E-state index contributed by atoms with van der Waals surface area (Å²) in [4.78, 5) is 30.8. The van der Waals surface area contributed by atoms with E-state index in [-0.39, 0.29) is 24.3 Å². The molecular weight excluding hydrogens is 490 g/mol. The number of likely N-dealkylation sites (tertiary alicyclic amines) is 1. The highest BCUT2D eigenvalue weighted by molar-refractivity contribution is 6.13. The Labute approximate surface area is 208 Å². The number of hydrogen-bond acceptors (Lipinski definition) is 4. The zero-order chi connectivity index (χ0) is 26.3. The van der Waals surface area contributed by atoms with Gasteiger partial charge in [-0.1, -0.05) is 36.9 Å². The van der Waals surface area contributed by atoms with Crippen molar-refractivity contribution in [1.82, 2.24) is 19.7 Å². The number of benzene rings is 2. The van der Waals surface area contributed by atoms with Gasteiger partial charge < -0.3 is 10.2 Å². The molecule has 0 spiro atoms. The zero-order valence-electron chi connectivity index (χ0n) is 19.2. The molecule has 0 aliphatic carbocycles. The highest BCUT2D eigenvalue weighted by Gasteiger charge is 2.36. The van der Waals surface area contributed by atoms with Gasteiger partial charge in [0.2, 0.25) is 0 Å². The number of carbonyl (C=O) groups excluding carboxylic acids is 2. The van der Waals surface area contributed by atoms with E-state index in [2.05, 4.69) is 22.0 Å². The molecule has 0 radical (unpaired) electrons. The number of amides is 2. The Bertz CT molecular complexity index is 1510. The second-order valence-electron chi connectivity index (χ2n) is 8.51. The number of para-hydroxylation sites is 1. The quantitative estimate of drug-likeness (QED) is 0.295. The van der Waals surface area contributed by atoms with Crippen LogP contribution in [-0.4, -0.2) is 44.6 Å². The Balaban J connectivity index is 1.59. The summed E-state index contributed by atoms with van der Waals surface area (Å²) in [5.41, 5.74) is 1.29. The third kappa shape index (κ3) is 4.55. The molecule has 188 valence electrons. The Morgan fingerprint density at radius 1 is 1.00 bits per heavy atom. The first-order valence-corrected chi connectivity index (χ1v) is 11.2. The van der Waals surface area contributed by atoms with Gasteiger partial charge >= 0.3 is 6.18 Å². The van der Waals surface area contributed by atoms with Crippen LogP contribution in [-0.2, 0) is 11.0 Å². The van der Waals surface area contributed by atoms with Crippen LogP contribution in [0.4, 0.5) is 23.2 Å². The molecule has 0 atom stereocenters. The largest absolute Gasteiger partial charge is 0.416 e. The monoisotopic (exact) mass is 509 g/mol. The van der Waals surface area contributed by atoms with E-state index in [9.17, 15) is 27.2 Å². The number of rotatable bonds is 5. The summed E-state index contributed by atoms with van der Waals surface area (Å²) >= 11 is 0. The maximum absolute atomic E-state index is 13.3. The molecule has 0 saturated carbocycles. The van der Waals surface area contributed by atoms with Gasteiger partial charge in [0.1, 0.15) is 16.7 Å². The van der Waals surface area contributed by atoms with E-state index in [1.54, 1.807) is 30.3 Å². The lowest BCUT2D eigenvalue weighted by molar-refractivity contribution is -0.137. The molecule has 1 aliphatic rings. The van der Waals surface area contributed by atoms with E-state index in [1.807, 2.05) is 0 Å². The van der Waals surface area contributed by atoms with Crippen LogP contribution < -0.4 is 5.32 Å². The van der Waals surface area contributed by atoms with Crippen LogP contribution in [0.1, 0.15) is 22.0 Å². The van der Waals surface area contributed by atoms with Crippen LogP contribution in [0.15, 0.2) is 79.3 Å². The van der Waals surface area contributed by atoms with E-state index in [4.69, 9.17) is 0 Å². The van der Waals surface area contributed by atoms with Gasteiger partial charge in [-0.15, -0.1) is 0 Å². The number of nitrogens with zero attached hydrogens (tertiary/aromatic N) is 4. The normalized spacial score (nSPS) is 13.9. The summed E-state index contributed by atoms with van der Waals surface area (Å²) in [7, 11) is 0. The fourth-order valence-electron chi connectivity index (χ4n) is 4.19. The first-order valence-electron chi connectivity index (χ1n) is 11.2. The number of halogens is 4. The first-order chi connectivity index (χ1) is 17.6. The van der Waals surface area contributed by atoms with Crippen LogP contribution >= 0.6 is 0 Å². The fourth-order valence-corrected chi connectivity index (χ4v) is 4.19. The molecule has 5 rings (SSSR count). The van der Waals surface area contributed by atoms with Crippen LogP contribution in [0.3, 0.4) is 0 Å². The molecule has 1 aliphatic heterocycles. The zero-order valence-corrected chi connectivity index (χ0v) is 19.2. The number of fused-ring (bicyclic) bond motifs is 1. The standard InChI is InChI=1S/C26H19F4N5O2/c1-15(27)25(37)34-13-19(14-34)35-23-20(24(36)32-18-5-3-2-4-6-18)11-12-31-22(23)21(33-35)16-7-9-17(10-8-16)26(28,29)30/h2-12,19H,1,13-14H2,(H,32,36).